The van der Waals surface area contributed by atoms with Crippen molar-refractivity contribution in [3.05, 3.63) is 95.6 Å². The fraction of sp³-hybridized carbons (Fsp3) is 0.459. The normalized spacial score (nSPS) is 21.6. The van der Waals surface area contributed by atoms with E-state index in [1.807, 2.05) is 0 Å². The summed E-state index contributed by atoms with van der Waals surface area (Å²) in [5.41, 5.74) is 6.59. The van der Waals surface area contributed by atoms with Crippen LogP contribution in [-0.2, 0) is 0 Å². The molecule has 2 aliphatic carbocycles. The van der Waals surface area contributed by atoms with Gasteiger partial charge in [0.1, 0.15) is 0 Å². The molecule has 0 heterocycles. The predicted octanol–water partition coefficient (Wildman–Crippen LogP) is 9.38. The van der Waals surface area contributed by atoms with E-state index in [4.69, 9.17) is 11.6 Å². The molecule has 2 aliphatic rings. The third-order valence-corrected chi connectivity index (χ3v) is 9.89. The first-order valence-electron chi connectivity index (χ1n) is 16.0. The van der Waals surface area contributed by atoms with E-state index in [0.29, 0.717) is 12.1 Å². The highest BCUT2D eigenvalue weighted by molar-refractivity contribution is 6.21. The molecule has 3 aromatic rings. The van der Waals surface area contributed by atoms with Gasteiger partial charge in [0.25, 0.3) is 0 Å². The SMILES string of the molecule is CCN(CC)c1ccc(C(C2=CCC(N(CC)CC)C=C2)c2ccc(NC3CCCCC3Cl)c3ccccc23)cc1. The van der Waals surface area contributed by atoms with Crippen LogP contribution in [0.4, 0.5) is 11.4 Å². The van der Waals surface area contributed by atoms with E-state index in [-0.39, 0.29) is 11.3 Å². The number of alkyl halides is 1. The Kier molecular flexibility index (Phi) is 10.1. The third kappa shape index (κ3) is 6.52. The molecular weight excluding hydrogens is 522 g/mol. The van der Waals surface area contributed by atoms with Gasteiger partial charge in [-0.3, -0.25) is 4.90 Å². The van der Waals surface area contributed by atoms with Gasteiger partial charge in [0.15, 0.2) is 0 Å². The highest BCUT2D eigenvalue weighted by Gasteiger charge is 2.26. The number of allylic oxidation sites excluding steroid dienone is 2. The second-order valence-corrected chi connectivity index (χ2v) is 12.1. The Morgan fingerprint density at radius 2 is 1.54 bits per heavy atom. The van der Waals surface area contributed by atoms with Crippen LogP contribution in [0.15, 0.2) is 84.5 Å². The van der Waals surface area contributed by atoms with Gasteiger partial charge in [0, 0.05) is 47.9 Å². The van der Waals surface area contributed by atoms with Crippen molar-refractivity contribution in [2.75, 3.05) is 36.4 Å². The lowest BCUT2D eigenvalue weighted by molar-refractivity contribution is 0.253. The first-order chi connectivity index (χ1) is 20.1. The molecule has 1 saturated carbocycles. The average molecular weight is 570 g/mol. The lowest BCUT2D eigenvalue weighted by Crippen LogP contribution is -2.34. The first kappa shape index (κ1) is 29.7. The van der Waals surface area contributed by atoms with E-state index in [2.05, 4.69) is 122 Å². The lowest BCUT2D eigenvalue weighted by atomic mass is 9.80. The molecule has 4 heteroatoms. The maximum Gasteiger partial charge on any atom is 0.0537 e. The van der Waals surface area contributed by atoms with Crippen LogP contribution in [0, 0.1) is 0 Å². The molecule has 0 bridgehead atoms. The smallest absolute Gasteiger partial charge is 0.0537 e. The standard InChI is InChI=1S/C37H48ClN3/c1-5-40(6-2)29-21-17-27(18-22-29)37(28-19-23-30(24-20-28)41(7-3)8-4)33-25-26-35(32-14-10-9-13-31(32)33)39-36-16-12-11-15-34(36)38/h9-10,13-14,17-23,25-26,30,34,36-37,39H,5-8,11-12,15-16,24H2,1-4H3. The molecule has 218 valence electrons. The number of rotatable bonds is 11. The molecule has 41 heavy (non-hydrogen) atoms. The van der Waals surface area contributed by atoms with Crippen molar-refractivity contribution in [1.82, 2.24) is 4.90 Å². The van der Waals surface area contributed by atoms with Crippen molar-refractivity contribution in [2.45, 2.75) is 83.2 Å². The molecule has 0 saturated heterocycles. The Labute approximate surface area is 253 Å². The Balaban J connectivity index is 1.56. The fourth-order valence-electron chi connectivity index (χ4n) is 6.97. The number of halogens is 1. The van der Waals surface area contributed by atoms with Crippen LogP contribution < -0.4 is 10.2 Å². The number of fused-ring (bicyclic) bond motifs is 1. The average Bonchev–Trinajstić information content (AvgIpc) is 3.02. The minimum absolute atomic E-state index is 0.170. The number of hydrogen-bond donors (Lipinski definition) is 1. The summed E-state index contributed by atoms with van der Waals surface area (Å²) < 4.78 is 0. The van der Waals surface area contributed by atoms with Gasteiger partial charge in [-0.2, -0.15) is 0 Å². The minimum atomic E-state index is 0.170. The number of nitrogens with zero attached hydrogens (tertiary/aromatic N) is 2. The van der Waals surface area contributed by atoms with E-state index in [1.54, 1.807) is 0 Å². The second kappa shape index (κ2) is 13.9. The van der Waals surface area contributed by atoms with Crippen LogP contribution in [0.3, 0.4) is 0 Å². The van der Waals surface area contributed by atoms with Crippen molar-refractivity contribution >= 4 is 33.7 Å². The molecule has 0 amide bonds. The van der Waals surface area contributed by atoms with E-state index in [1.165, 1.54) is 51.7 Å². The van der Waals surface area contributed by atoms with Gasteiger partial charge in [0.2, 0.25) is 0 Å². The fourth-order valence-corrected chi connectivity index (χ4v) is 7.31. The van der Waals surface area contributed by atoms with Crippen molar-refractivity contribution in [2.24, 2.45) is 0 Å². The molecule has 5 rings (SSSR count). The molecule has 1 N–H and O–H groups in total. The van der Waals surface area contributed by atoms with E-state index in [9.17, 15) is 0 Å². The van der Waals surface area contributed by atoms with Crippen molar-refractivity contribution < 1.29 is 0 Å². The molecule has 0 spiro atoms. The molecule has 4 atom stereocenters. The number of hydrogen-bond acceptors (Lipinski definition) is 3. The highest BCUT2D eigenvalue weighted by Crippen LogP contribution is 2.41. The van der Waals surface area contributed by atoms with Crippen molar-refractivity contribution in [3.8, 4) is 0 Å². The molecule has 0 aromatic heterocycles. The molecule has 3 nitrogen and oxygen atoms in total. The van der Waals surface area contributed by atoms with Gasteiger partial charge in [0.05, 0.1) is 5.38 Å². The Bertz CT molecular complexity index is 1340. The topological polar surface area (TPSA) is 18.5 Å². The predicted molar refractivity (Wildman–Crippen MR) is 180 cm³/mol. The number of likely N-dealkylation sites (N-methyl/N-ethyl adjacent to an activating group) is 1. The summed E-state index contributed by atoms with van der Waals surface area (Å²) in [6, 6.07) is 23.7. The lowest BCUT2D eigenvalue weighted by Gasteiger charge is -2.31. The largest absolute Gasteiger partial charge is 0.380 e. The highest BCUT2D eigenvalue weighted by atomic mass is 35.5. The number of nitrogens with one attached hydrogen (secondary N) is 1. The zero-order chi connectivity index (χ0) is 28.8. The van der Waals surface area contributed by atoms with Gasteiger partial charge in [-0.15, -0.1) is 11.6 Å². The third-order valence-electron chi connectivity index (χ3n) is 9.37. The van der Waals surface area contributed by atoms with Gasteiger partial charge in [-0.25, -0.2) is 0 Å². The van der Waals surface area contributed by atoms with E-state index in [0.717, 1.165) is 45.4 Å². The number of anilines is 2. The summed E-state index contributed by atoms with van der Waals surface area (Å²) in [5.74, 6) is 0.170. The van der Waals surface area contributed by atoms with Crippen LogP contribution >= 0.6 is 11.6 Å². The molecule has 4 unspecified atom stereocenters. The summed E-state index contributed by atoms with van der Waals surface area (Å²) in [5, 5.41) is 6.64. The second-order valence-electron chi connectivity index (χ2n) is 11.6. The maximum atomic E-state index is 6.77. The Morgan fingerprint density at radius 3 is 2.17 bits per heavy atom. The molecule has 3 aromatic carbocycles. The summed E-state index contributed by atoms with van der Waals surface area (Å²) in [6.45, 7) is 13.2. The Morgan fingerprint density at radius 1 is 0.829 bits per heavy atom. The minimum Gasteiger partial charge on any atom is -0.380 e. The van der Waals surface area contributed by atoms with Crippen LogP contribution in [0.25, 0.3) is 10.8 Å². The summed E-state index contributed by atoms with van der Waals surface area (Å²) in [6.07, 6.45) is 13.1. The zero-order valence-corrected chi connectivity index (χ0v) is 26.2. The summed E-state index contributed by atoms with van der Waals surface area (Å²) >= 11 is 6.77. The molecular formula is C37H48ClN3. The Hall–Kier alpha value is -2.75. The summed E-state index contributed by atoms with van der Waals surface area (Å²) in [4.78, 5) is 4.96. The molecule has 0 aliphatic heterocycles. The number of benzene rings is 3. The first-order valence-corrected chi connectivity index (χ1v) is 16.4. The van der Waals surface area contributed by atoms with Crippen molar-refractivity contribution in [1.29, 1.82) is 0 Å². The summed E-state index contributed by atoms with van der Waals surface area (Å²) in [7, 11) is 0. The van der Waals surface area contributed by atoms with Gasteiger partial charge >= 0.3 is 0 Å². The van der Waals surface area contributed by atoms with Crippen LogP contribution in [-0.4, -0.2) is 48.5 Å². The van der Waals surface area contributed by atoms with Crippen LogP contribution in [0.2, 0.25) is 0 Å². The quantitative estimate of drug-likeness (QED) is 0.232. The molecule has 1 fully saturated rings. The van der Waals surface area contributed by atoms with Crippen LogP contribution in [0.5, 0.6) is 0 Å². The molecule has 0 radical (unpaired) electrons. The van der Waals surface area contributed by atoms with Gasteiger partial charge in [-0.05, 0) is 86.5 Å². The van der Waals surface area contributed by atoms with Crippen LogP contribution in [0.1, 0.15) is 76.8 Å². The van der Waals surface area contributed by atoms with Gasteiger partial charge in [-0.1, -0.05) is 87.4 Å². The monoisotopic (exact) mass is 569 g/mol. The van der Waals surface area contributed by atoms with Gasteiger partial charge < -0.3 is 10.2 Å². The van der Waals surface area contributed by atoms with E-state index >= 15 is 0 Å². The van der Waals surface area contributed by atoms with Crippen molar-refractivity contribution in [3.63, 3.8) is 0 Å². The zero-order valence-electron chi connectivity index (χ0n) is 25.5. The van der Waals surface area contributed by atoms with E-state index < -0.39 is 0 Å². The maximum absolute atomic E-state index is 6.77.